The van der Waals surface area contributed by atoms with Crippen LogP contribution in [0.4, 0.5) is 20.2 Å². The van der Waals surface area contributed by atoms with Gasteiger partial charge in [0, 0.05) is 55.6 Å². The molecule has 8 heteroatoms. The number of methoxy groups -OCH3 is 1. The summed E-state index contributed by atoms with van der Waals surface area (Å²) in [5.41, 5.74) is 3.03. The molecule has 0 bridgehead atoms. The third kappa shape index (κ3) is 4.65. The summed E-state index contributed by atoms with van der Waals surface area (Å²) in [5.74, 6) is -1.92. The van der Waals surface area contributed by atoms with E-state index in [1.54, 1.807) is 18.2 Å². The van der Waals surface area contributed by atoms with E-state index in [-0.39, 0.29) is 30.0 Å². The Kier molecular flexibility index (Phi) is 6.23. The first-order valence-electron chi connectivity index (χ1n) is 10.5. The van der Waals surface area contributed by atoms with Crippen molar-refractivity contribution in [2.24, 2.45) is 0 Å². The number of hydrogen-bond acceptors (Lipinski definition) is 5. The first-order valence-corrected chi connectivity index (χ1v) is 10.5. The van der Waals surface area contributed by atoms with Crippen molar-refractivity contribution in [1.82, 2.24) is 4.90 Å². The predicted octanol–water partition coefficient (Wildman–Crippen LogP) is 3.26. The number of carbonyl (C=O) groups is 2. The van der Waals surface area contributed by atoms with E-state index in [4.69, 9.17) is 4.74 Å². The van der Waals surface area contributed by atoms with Gasteiger partial charge in [0.15, 0.2) is 23.2 Å². The maximum Gasteiger partial charge on any atom is 0.238 e. The molecule has 1 atom stereocenters. The topological polar surface area (TPSA) is 61.9 Å². The van der Waals surface area contributed by atoms with Gasteiger partial charge in [-0.2, -0.15) is 0 Å². The summed E-state index contributed by atoms with van der Waals surface area (Å²) < 4.78 is 32.9. The highest BCUT2D eigenvalue weighted by Gasteiger charge is 2.27. The number of rotatable bonds is 5. The molecule has 1 heterocycles. The molecule has 6 nitrogen and oxygen atoms in total. The van der Waals surface area contributed by atoms with E-state index >= 15 is 0 Å². The zero-order valence-corrected chi connectivity index (χ0v) is 18.0. The van der Waals surface area contributed by atoms with Crippen LogP contribution in [0.15, 0.2) is 36.4 Å². The van der Waals surface area contributed by atoms with Crippen molar-refractivity contribution in [3.05, 3.63) is 59.2 Å². The highest BCUT2D eigenvalue weighted by Crippen LogP contribution is 2.29. The van der Waals surface area contributed by atoms with Crippen molar-refractivity contribution in [3.63, 3.8) is 0 Å². The van der Waals surface area contributed by atoms with Crippen LogP contribution in [0.1, 0.15) is 18.1 Å². The summed E-state index contributed by atoms with van der Waals surface area (Å²) in [7, 11) is 1.23. The van der Waals surface area contributed by atoms with Crippen molar-refractivity contribution in [3.8, 4) is 5.75 Å². The lowest BCUT2D eigenvalue weighted by molar-refractivity contribution is -0.117. The van der Waals surface area contributed by atoms with Crippen LogP contribution in [0.25, 0.3) is 6.08 Å². The molecule has 168 valence electrons. The molecule has 2 aliphatic rings. The van der Waals surface area contributed by atoms with Gasteiger partial charge in [-0.3, -0.25) is 14.5 Å². The van der Waals surface area contributed by atoms with Crippen LogP contribution in [-0.4, -0.2) is 55.9 Å². The SMILES string of the molecule is COc1c(F)cc(N2CCN(CC(=O)Nc3ccc4c(c3)C=CC(=O)C4)C[C@H]2C)cc1F. The molecule has 0 aromatic heterocycles. The number of carbonyl (C=O) groups excluding carboxylic acids is 2. The van der Waals surface area contributed by atoms with Crippen molar-refractivity contribution < 1.29 is 23.1 Å². The average Bonchev–Trinajstić information content (AvgIpc) is 2.73. The number of anilines is 2. The third-order valence-corrected chi connectivity index (χ3v) is 5.84. The quantitative estimate of drug-likeness (QED) is 0.772. The van der Waals surface area contributed by atoms with E-state index in [1.165, 1.54) is 19.2 Å². The third-order valence-electron chi connectivity index (χ3n) is 5.84. The molecule has 1 saturated heterocycles. The van der Waals surface area contributed by atoms with Gasteiger partial charge in [-0.05, 0) is 36.3 Å². The smallest absolute Gasteiger partial charge is 0.238 e. The number of amides is 1. The minimum atomic E-state index is -0.735. The van der Waals surface area contributed by atoms with Crippen molar-refractivity contribution in [2.75, 3.05) is 43.5 Å². The molecule has 1 amide bonds. The summed E-state index contributed by atoms with van der Waals surface area (Å²) in [5, 5.41) is 2.91. The fraction of sp³-hybridized carbons (Fsp3) is 0.333. The van der Waals surface area contributed by atoms with E-state index in [0.717, 1.165) is 11.1 Å². The number of ketones is 1. The van der Waals surface area contributed by atoms with Crippen molar-refractivity contribution >= 4 is 29.1 Å². The largest absolute Gasteiger partial charge is 0.491 e. The monoisotopic (exact) mass is 441 g/mol. The fourth-order valence-corrected chi connectivity index (χ4v) is 4.29. The number of fused-ring (bicyclic) bond motifs is 1. The zero-order chi connectivity index (χ0) is 22.8. The summed E-state index contributed by atoms with van der Waals surface area (Å²) in [6.07, 6.45) is 3.70. The number of benzene rings is 2. The molecule has 2 aromatic carbocycles. The van der Waals surface area contributed by atoms with E-state index in [2.05, 4.69) is 5.32 Å². The molecule has 4 rings (SSSR count). The Bertz CT molecular complexity index is 1060. The molecule has 32 heavy (non-hydrogen) atoms. The lowest BCUT2D eigenvalue weighted by Gasteiger charge is -2.41. The second-order valence-electron chi connectivity index (χ2n) is 8.16. The Hall–Kier alpha value is -3.26. The van der Waals surface area contributed by atoms with Crippen LogP contribution >= 0.6 is 0 Å². The van der Waals surface area contributed by atoms with Crippen LogP contribution in [0.3, 0.4) is 0 Å². The van der Waals surface area contributed by atoms with E-state index < -0.39 is 11.6 Å². The van der Waals surface area contributed by atoms with Gasteiger partial charge in [-0.25, -0.2) is 8.78 Å². The minimum Gasteiger partial charge on any atom is -0.491 e. The molecule has 0 unspecified atom stereocenters. The predicted molar refractivity (Wildman–Crippen MR) is 119 cm³/mol. The highest BCUT2D eigenvalue weighted by molar-refractivity contribution is 5.99. The van der Waals surface area contributed by atoms with Gasteiger partial charge in [0.05, 0.1) is 13.7 Å². The number of nitrogens with one attached hydrogen (secondary N) is 1. The fourth-order valence-electron chi connectivity index (χ4n) is 4.29. The number of halogens is 2. The average molecular weight is 441 g/mol. The number of allylic oxidation sites excluding steroid dienone is 1. The molecule has 0 spiro atoms. The zero-order valence-electron chi connectivity index (χ0n) is 18.0. The maximum absolute atomic E-state index is 14.1. The van der Waals surface area contributed by atoms with Gasteiger partial charge in [-0.15, -0.1) is 0 Å². The summed E-state index contributed by atoms with van der Waals surface area (Å²) in [6.45, 7) is 3.88. The van der Waals surface area contributed by atoms with Gasteiger partial charge in [-0.1, -0.05) is 12.1 Å². The van der Waals surface area contributed by atoms with Gasteiger partial charge < -0.3 is 15.0 Å². The summed E-state index contributed by atoms with van der Waals surface area (Å²) in [6, 6.07) is 8.05. The molecular weight excluding hydrogens is 416 g/mol. The Morgan fingerprint density at radius 1 is 1.16 bits per heavy atom. The Labute approximate surface area is 185 Å². The lowest BCUT2D eigenvalue weighted by Crippen LogP contribution is -2.53. The van der Waals surface area contributed by atoms with E-state index in [9.17, 15) is 18.4 Å². The first-order chi connectivity index (χ1) is 15.3. The number of piperazine rings is 1. The van der Waals surface area contributed by atoms with Crippen molar-refractivity contribution in [1.29, 1.82) is 0 Å². The molecular formula is C24H25F2N3O3. The normalized spacial score (nSPS) is 18.4. The van der Waals surface area contributed by atoms with Crippen LogP contribution in [0.5, 0.6) is 5.75 Å². The number of hydrogen-bond donors (Lipinski definition) is 1. The molecule has 1 aliphatic carbocycles. The Morgan fingerprint density at radius 2 is 1.91 bits per heavy atom. The van der Waals surface area contributed by atoms with E-state index in [1.807, 2.05) is 28.9 Å². The van der Waals surface area contributed by atoms with Gasteiger partial charge in [0.2, 0.25) is 5.91 Å². The molecule has 0 radical (unpaired) electrons. The molecule has 2 aromatic rings. The van der Waals surface area contributed by atoms with Crippen LogP contribution in [-0.2, 0) is 16.0 Å². The second kappa shape index (κ2) is 9.08. The van der Waals surface area contributed by atoms with Gasteiger partial charge >= 0.3 is 0 Å². The number of ether oxygens (including phenoxy) is 1. The second-order valence-corrected chi connectivity index (χ2v) is 8.16. The van der Waals surface area contributed by atoms with Crippen LogP contribution in [0, 0.1) is 11.6 Å². The molecule has 1 fully saturated rings. The maximum atomic E-state index is 14.1. The summed E-state index contributed by atoms with van der Waals surface area (Å²) >= 11 is 0. The Balaban J connectivity index is 1.35. The molecule has 0 saturated carbocycles. The minimum absolute atomic E-state index is 0.0323. The highest BCUT2D eigenvalue weighted by atomic mass is 19.1. The van der Waals surface area contributed by atoms with Crippen LogP contribution < -0.4 is 15.0 Å². The standard InChI is InChI=1S/C24H25F2N3O3/c1-15-13-28(7-8-29(15)19-11-21(25)24(32-2)22(26)12-19)14-23(31)27-18-5-3-17-10-20(30)6-4-16(17)9-18/h3-6,9,11-12,15H,7-8,10,13-14H2,1-2H3,(H,27,31)/t15-/m1/s1. The van der Waals surface area contributed by atoms with Crippen LogP contribution in [0.2, 0.25) is 0 Å². The lowest BCUT2D eigenvalue weighted by atomic mass is 9.96. The first kappa shape index (κ1) is 22.0. The van der Waals surface area contributed by atoms with Crippen molar-refractivity contribution in [2.45, 2.75) is 19.4 Å². The van der Waals surface area contributed by atoms with Gasteiger partial charge in [0.1, 0.15) is 0 Å². The van der Waals surface area contributed by atoms with Gasteiger partial charge in [0.25, 0.3) is 0 Å². The molecule has 1 N–H and O–H groups in total. The Morgan fingerprint density at radius 3 is 2.59 bits per heavy atom. The van der Waals surface area contributed by atoms with E-state index in [0.29, 0.717) is 37.4 Å². The number of nitrogens with zero attached hydrogens (tertiary/aromatic N) is 2. The summed E-state index contributed by atoms with van der Waals surface area (Å²) in [4.78, 5) is 28.0. The molecule has 1 aliphatic heterocycles.